The maximum Gasteiger partial charge on any atom is 0.123 e. The zero-order chi connectivity index (χ0) is 15.2. The van der Waals surface area contributed by atoms with Crippen LogP contribution in [-0.2, 0) is 13.0 Å². The average Bonchev–Trinajstić information content (AvgIpc) is 2.89. The molecule has 0 spiro atoms. The van der Waals surface area contributed by atoms with Gasteiger partial charge in [0.05, 0.1) is 5.69 Å². The minimum absolute atomic E-state index is 0.560. The minimum Gasteiger partial charge on any atom is -0.309 e. The van der Waals surface area contributed by atoms with Gasteiger partial charge in [0.1, 0.15) is 5.01 Å². The predicted octanol–water partition coefficient (Wildman–Crippen LogP) is 4.96. The van der Waals surface area contributed by atoms with Crippen molar-refractivity contribution in [3.63, 3.8) is 0 Å². The summed E-state index contributed by atoms with van der Waals surface area (Å²) in [5.74, 6) is 0. The third-order valence-corrected chi connectivity index (χ3v) is 4.93. The lowest BCUT2D eigenvalue weighted by molar-refractivity contribution is 0.535. The molecule has 0 bridgehead atoms. The number of rotatable bonds is 7. The first-order valence-corrected chi connectivity index (χ1v) is 8.74. The second-order valence-electron chi connectivity index (χ2n) is 5.70. The van der Waals surface area contributed by atoms with Crippen LogP contribution in [0.3, 0.4) is 0 Å². The maximum absolute atomic E-state index is 4.88. The van der Waals surface area contributed by atoms with Crippen LogP contribution in [0.5, 0.6) is 0 Å². The molecule has 1 atom stereocenters. The Kier molecular flexibility index (Phi) is 5.95. The number of aryl methyl sites for hydroxylation is 2. The van der Waals surface area contributed by atoms with Gasteiger partial charge in [-0.2, -0.15) is 0 Å². The molecule has 114 valence electrons. The fourth-order valence-electron chi connectivity index (χ4n) is 2.18. The molecular formula is C18H26N2S. The van der Waals surface area contributed by atoms with Gasteiger partial charge in [-0.3, -0.25) is 0 Å². The Morgan fingerprint density at radius 1 is 1.19 bits per heavy atom. The van der Waals surface area contributed by atoms with Gasteiger partial charge in [-0.05, 0) is 26.7 Å². The number of aromatic nitrogens is 1. The van der Waals surface area contributed by atoms with E-state index in [1.165, 1.54) is 21.7 Å². The Balaban J connectivity index is 2.21. The fraction of sp³-hybridized carbons (Fsp3) is 0.500. The van der Waals surface area contributed by atoms with Gasteiger partial charge < -0.3 is 5.32 Å². The normalized spacial score (nSPS) is 12.6. The monoisotopic (exact) mass is 302 g/mol. The van der Waals surface area contributed by atoms with Gasteiger partial charge >= 0.3 is 0 Å². The Labute approximate surface area is 132 Å². The van der Waals surface area contributed by atoms with Crippen molar-refractivity contribution in [1.29, 1.82) is 0 Å². The molecule has 0 radical (unpaired) electrons. The maximum atomic E-state index is 4.88. The van der Waals surface area contributed by atoms with Crippen LogP contribution in [0.15, 0.2) is 24.3 Å². The summed E-state index contributed by atoms with van der Waals surface area (Å²) in [4.78, 5) is 6.28. The van der Waals surface area contributed by atoms with Gasteiger partial charge in [0.2, 0.25) is 0 Å². The van der Waals surface area contributed by atoms with Crippen molar-refractivity contribution in [2.24, 2.45) is 0 Å². The molecule has 1 aromatic heterocycles. The number of benzene rings is 1. The van der Waals surface area contributed by atoms with E-state index in [0.717, 1.165) is 30.8 Å². The molecule has 2 rings (SSSR count). The largest absolute Gasteiger partial charge is 0.309 e. The Hall–Kier alpha value is -1.19. The SMILES string of the molecule is CCCc1nc(-c2ccc(C)cc2)sc1CNC(C)CC. The highest BCUT2D eigenvalue weighted by Crippen LogP contribution is 2.29. The quantitative estimate of drug-likeness (QED) is 0.782. The fourth-order valence-corrected chi connectivity index (χ4v) is 3.25. The van der Waals surface area contributed by atoms with Crippen molar-refractivity contribution in [3.8, 4) is 10.6 Å². The molecule has 21 heavy (non-hydrogen) atoms. The lowest BCUT2D eigenvalue weighted by atomic mass is 10.1. The summed E-state index contributed by atoms with van der Waals surface area (Å²) in [5.41, 5.74) is 3.80. The van der Waals surface area contributed by atoms with Gasteiger partial charge in [-0.25, -0.2) is 4.98 Å². The molecule has 2 nitrogen and oxygen atoms in total. The first-order chi connectivity index (χ1) is 10.1. The molecule has 2 aromatic rings. The van der Waals surface area contributed by atoms with Gasteiger partial charge in [0.25, 0.3) is 0 Å². The molecule has 1 unspecified atom stereocenters. The number of nitrogens with one attached hydrogen (secondary N) is 1. The lowest BCUT2D eigenvalue weighted by Crippen LogP contribution is -2.24. The van der Waals surface area contributed by atoms with Crippen LogP contribution in [0.25, 0.3) is 10.6 Å². The lowest BCUT2D eigenvalue weighted by Gasteiger charge is -2.10. The predicted molar refractivity (Wildman–Crippen MR) is 92.9 cm³/mol. The molecule has 1 heterocycles. The number of hydrogen-bond acceptors (Lipinski definition) is 3. The van der Waals surface area contributed by atoms with Crippen LogP contribution in [0.4, 0.5) is 0 Å². The summed E-state index contributed by atoms with van der Waals surface area (Å²) >= 11 is 1.84. The van der Waals surface area contributed by atoms with Gasteiger partial charge in [-0.15, -0.1) is 11.3 Å². The first kappa shape index (κ1) is 16.2. The van der Waals surface area contributed by atoms with Crippen LogP contribution >= 0.6 is 11.3 Å². The zero-order valence-electron chi connectivity index (χ0n) is 13.6. The third kappa shape index (κ3) is 4.39. The van der Waals surface area contributed by atoms with Crippen LogP contribution < -0.4 is 5.32 Å². The van der Waals surface area contributed by atoms with E-state index in [-0.39, 0.29) is 0 Å². The van der Waals surface area contributed by atoms with Gasteiger partial charge in [-0.1, -0.05) is 50.1 Å². The molecule has 0 amide bonds. The molecule has 0 aliphatic carbocycles. The van der Waals surface area contributed by atoms with Crippen molar-refractivity contribution in [2.75, 3.05) is 0 Å². The molecule has 0 aliphatic rings. The highest BCUT2D eigenvalue weighted by molar-refractivity contribution is 7.15. The van der Waals surface area contributed by atoms with E-state index in [1.807, 2.05) is 11.3 Å². The van der Waals surface area contributed by atoms with Crippen LogP contribution in [0.1, 0.15) is 49.7 Å². The third-order valence-electron chi connectivity index (χ3n) is 3.79. The highest BCUT2D eigenvalue weighted by atomic mass is 32.1. The molecule has 0 saturated carbocycles. The molecule has 0 saturated heterocycles. The first-order valence-electron chi connectivity index (χ1n) is 7.93. The molecule has 1 N–H and O–H groups in total. The van der Waals surface area contributed by atoms with E-state index in [1.54, 1.807) is 0 Å². The average molecular weight is 302 g/mol. The van der Waals surface area contributed by atoms with Gasteiger partial charge in [0, 0.05) is 23.0 Å². The molecular weight excluding hydrogens is 276 g/mol. The Morgan fingerprint density at radius 3 is 2.52 bits per heavy atom. The molecule has 0 fully saturated rings. The van der Waals surface area contributed by atoms with Crippen molar-refractivity contribution in [1.82, 2.24) is 10.3 Å². The van der Waals surface area contributed by atoms with E-state index in [4.69, 9.17) is 4.98 Å². The number of nitrogens with zero attached hydrogens (tertiary/aromatic N) is 1. The molecule has 0 aliphatic heterocycles. The van der Waals surface area contributed by atoms with Crippen molar-refractivity contribution in [3.05, 3.63) is 40.4 Å². The number of hydrogen-bond donors (Lipinski definition) is 1. The van der Waals surface area contributed by atoms with E-state index in [9.17, 15) is 0 Å². The van der Waals surface area contributed by atoms with Crippen LogP contribution in [0, 0.1) is 6.92 Å². The highest BCUT2D eigenvalue weighted by Gasteiger charge is 2.12. The standard InChI is InChI=1S/C18H26N2S/c1-5-7-16-17(12-19-14(4)6-2)21-18(20-16)15-10-8-13(3)9-11-15/h8-11,14,19H,5-7,12H2,1-4H3. The van der Waals surface area contributed by atoms with Crippen LogP contribution in [0.2, 0.25) is 0 Å². The van der Waals surface area contributed by atoms with Crippen molar-refractivity contribution >= 4 is 11.3 Å². The summed E-state index contributed by atoms with van der Waals surface area (Å²) in [6.07, 6.45) is 3.38. The smallest absolute Gasteiger partial charge is 0.123 e. The second-order valence-corrected chi connectivity index (χ2v) is 6.78. The minimum atomic E-state index is 0.560. The van der Waals surface area contributed by atoms with Crippen molar-refractivity contribution in [2.45, 2.75) is 59.5 Å². The topological polar surface area (TPSA) is 24.9 Å². The summed E-state index contributed by atoms with van der Waals surface area (Å²) in [6, 6.07) is 9.23. The van der Waals surface area contributed by atoms with E-state index < -0.39 is 0 Å². The summed E-state index contributed by atoms with van der Waals surface area (Å²) in [5, 5.41) is 4.74. The van der Waals surface area contributed by atoms with Crippen molar-refractivity contribution < 1.29 is 0 Å². The summed E-state index contributed by atoms with van der Waals surface area (Å²) < 4.78 is 0. The second kappa shape index (κ2) is 7.71. The molecule has 1 aromatic carbocycles. The Morgan fingerprint density at radius 2 is 1.90 bits per heavy atom. The zero-order valence-corrected chi connectivity index (χ0v) is 14.4. The molecule has 3 heteroatoms. The van der Waals surface area contributed by atoms with E-state index in [2.05, 4.69) is 57.3 Å². The van der Waals surface area contributed by atoms with Crippen LogP contribution in [-0.4, -0.2) is 11.0 Å². The summed E-state index contributed by atoms with van der Waals surface area (Å²) in [7, 11) is 0. The summed E-state index contributed by atoms with van der Waals surface area (Å²) in [6.45, 7) is 9.73. The Bertz CT molecular complexity index is 557. The van der Waals surface area contributed by atoms with E-state index in [0.29, 0.717) is 6.04 Å². The van der Waals surface area contributed by atoms with E-state index >= 15 is 0 Å². The van der Waals surface area contributed by atoms with Gasteiger partial charge in [0.15, 0.2) is 0 Å². The number of thiazole rings is 1.